The zero-order valence-electron chi connectivity index (χ0n) is 18.8. The summed E-state index contributed by atoms with van der Waals surface area (Å²) in [4.78, 5) is 16.9. The summed E-state index contributed by atoms with van der Waals surface area (Å²) in [5, 5.41) is 13.8. The molecule has 1 unspecified atom stereocenters. The Labute approximate surface area is 190 Å². The number of carbonyl (C=O) groups excluding carboxylic acids is 1. The standard InChI is InChI=1S/C25H32N6O/c1-3-26-25(29-20(2)13-14-21-9-5-4-6-10-21)27-18-22-11-7-12-23(17-22)30-24(32)19-31-16-8-15-28-31/h4-12,15-17,20H,3,13-14,18-19H2,1-2H3,(H,30,32)(H2,26,27,29). The Bertz CT molecular complexity index is 985. The van der Waals surface area contributed by atoms with E-state index < -0.39 is 0 Å². The lowest BCUT2D eigenvalue weighted by atomic mass is 10.1. The van der Waals surface area contributed by atoms with E-state index >= 15 is 0 Å². The quantitative estimate of drug-likeness (QED) is 0.338. The molecule has 0 aliphatic carbocycles. The SMILES string of the molecule is CCNC(=NCc1cccc(NC(=O)Cn2cccn2)c1)NC(C)CCc1ccccc1. The lowest BCUT2D eigenvalue weighted by molar-refractivity contribution is -0.116. The highest BCUT2D eigenvalue weighted by Crippen LogP contribution is 2.12. The second kappa shape index (κ2) is 12.3. The number of nitrogens with zero attached hydrogens (tertiary/aromatic N) is 3. The van der Waals surface area contributed by atoms with Crippen molar-refractivity contribution in [1.29, 1.82) is 0 Å². The van der Waals surface area contributed by atoms with E-state index in [0.29, 0.717) is 12.6 Å². The van der Waals surface area contributed by atoms with Crippen LogP contribution in [-0.2, 0) is 24.3 Å². The van der Waals surface area contributed by atoms with Crippen molar-refractivity contribution in [2.24, 2.45) is 4.99 Å². The van der Waals surface area contributed by atoms with Gasteiger partial charge in [-0.15, -0.1) is 0 Å². The predicted octanol–water partition coefficient (Wildman–Crippen LogP) is 3.60. The predicted molar refractivity (Wildman–Crippen MR) is 129 cm³/mol. The van der Waals surface area contributed by atoms with Crippen LogP contribution in [0.5, 0.6) is 0 Å². The number of amides is 1. The number of nitrogens with one attached hydrogen (secondary N) is 3. The van der Waals surface area contributed by atoms with Crippen molar-refractivity contribution < 1.29 is 4.79 Å². The molecule has 7 nitrogen and oxygen atoms in total. The van der Waals surface area contributed by atoms with Crippen molar-refractivity contribution in [3.63, 3.8) is 0 Å². The summed E-state index contributed by atoms with van der Waals surface area (Å²) < 4.78 is 1.59. The maximum atomic E-state index is 12.2. The van der Waals surface area contributed by atoms with Gasteiger partial charge in [-0.25, -0.2) is 4.99 Å². The first-order valence-electron chi connectivity index (χ1n) is 11.1. The molecule has 0 radical (unpaired) electrons. The van der Waals surface area contributed by atoms with E-state index in [9.17, 15) is 4.79 Å². The van der Waals surface area contributed by atoms with Crippen molar-refractivity contribution in [3.8, 4) is 0 Å². The Hall–Kier alpha value is -3.61. The number of hydrogen-bond acceptors (Lipinski definition) is 3. The maximum Gasteiger partial charge on any atom is 0.246 e. The Morgan fingerprint density at radius 1 is 1.09 bits per heavy atom. The van der Waals surface area contributed by atoms with Crippen LogP contribution in [0.4, 0.5) is 5.69 Å². The van der Waals surface area contributed by atoms with E-state index in [2.05, 4.69) is 59.2 Å². The lowest BCUT2D eigenvalue weighted by Crippen LogP contribution is -2.42. The average molecular weight is 433 g/mol. The molecular formula is C25H32N6O. The molecule has 1 heterocycles. The molecule has 2 aromatic carbocycles. The number of rotatable bonds is 10. The van der Waals surface area contributed by atoms with E-state index in [-0.39, 0.29) is 12.5 Å². The Morgan fingerprint density at radius 2 is 1.91 bits per heavy atom. The monoisotopic (exact) mass is 432 g/mol. The first-order chi connectivity index (χ1) is 15.6. The summed E-state index contributed by atoms with van der Waals surface area (Å²) in [5.41, 5.74) is 3.12. The molecule has 0 saturated heterocycles. The van der Waals surface area contributed by atoms with Gasteiger partial charge in [0.1, 0.15) is 6.54 Å². The van der Waals surface area contributed by atoms with Crippen LogP contribution in [0.15, 0.2) is 78.0 Å². The molecule has 0 aliphatic heterocycles. The van der Waals surface area contributed by atoms with Gasteiger partial charge in [0.05, 0.1) is 6.54 Å². The summed E-state index contributed by atoms with van der Waals surface area (Å²) in [7, 11) is 0. The summed E-state index contributed by atoms with van der Waals surface area (Å²) in [6.07, 6.45) is 5.46. The third-order valence-corrected chi connectivity index (χ3v) is 4.93. The maximum absolute atomic E-state index is 12.2. The zero-order chi connectivity index (χ0) is 22.6. The Kier molecular flexibility index (Phi) is 8.86. The smallest absolute Gasteiger partial charge is 0.246 e. The van der Waals surface area contributed by atoms with E-state index in [1.165, 1.54) is 5.56 Å². The van der Waals surface area contributed by atoms with Crippen LogP contribution in [0.25, 0.3) is 0 Å². The number of aromatic nitrogens is 2. The third-order valence-electron chi connectivity index (χ3n) is 4.93. The molecule has 1 amide bonds. The van der Waals surface area contributed by atoms with Crippen LogP contribution in [-0.4, -0.2) is 34.2 Å². The van der Waals surface area contributed by atoms with E-state index in [0.717, 1.165) is 36.6 Å². The molecule has 0 bridgehead atoms. The van der Waals surface area contributed by atoms with Crippen molar-refractivity contribution >= 4 is 17.6 Å². The minimum atomic E-state index is -0.114. The Morgan fingerprint density at radius 3 is 2.66 bits per heavy atom. The summed E-state index contributed by atoms with van der Waals surface area (Å²) in [5.74, 6) is 0.678. The summed E-state index contributed by atoms with van der Waals surface area (Å²) in [6, 6.07) is 20.4. The fourth-order valence-electron chi connectivity index (χ4n) is 3.31. The van der Waals surface area contributed by atoms with Gasteiger partial charge in [-0.3, -0.25) is 9.48 Å². The van der Waals surface area contributed by atoms with Gasteiger partial charge in [-0.1, -0.05) is 42.5 Å². The third kappa shape index (κ3) is 7.91. The zero-order valence-corrected chi connectivity index (χ0v) is 18.8. The van der Waals surface area contributed by atoms with E-state index in [4.69, 9.17) is 4.99 Å². The summed E-state index contributed by atoms with van der Waals surface area (Å²) in [6.45, 7) is 5.72. The second-order valence-electron chi connectivity index (χ2n) is 7.72. The number of aliphatic imine (C=N–C) groups is 1. The van der Waals surface area contributed by atoms with Crippen LogP contribution in [0.2, 0.25) is 0 Å². The van der Waals surface area contributed by atoms with Gasteiger partial charge in [-0.05, 0) is 56.0 Å². The molecule has 1 aromatic heterocycles. The van der Waals surface area contributed by atoms with Crippen LogP contribution in [0.3, 0.4) is 0 Å². The highest BCUT2D eigenvalue weighted by molar-refractivity contribution is 5.90. The molecule has 3 rings (SSSR count). The molecule has 0 fully saturated rings. The van der Waals surface area contributed by atoms with Gasteiger partial charge >= 0.3 is 0 Å². The van der Waals surface area contributed by atoms with Gasteiger partial charge in [-0.2, -0.15) is 5.10 Å². The normalized spacial score (nSPS) is 12.2. The average Bonchev–Trinajstić information content (AvgIpc) is 3.30. The molecule has 1 atom stereocenters. The first kappa shape index (κ1) is 23.1. The highest BCUT2D eigenvalue weighted by Gasteiger charge is 2.07. The number of aryl methyl sites for hydroxylation is 1. The van der Waals surface area contributed by atoms with Crippen molar-refractivity contribution in [2.75, 3.05) is 11.9 Å². The molecule has 0 aliphatic rings. The molecule has 3 aromatic rings. The van der Waals surface area contributed by atoms with Crippen LogP contribution in [0, 0.1) is 0 Å². The van der Waals surface area contributed by atoms with Crippen molar-refractivity contribution in [1.82, 2.24) is 20.4 Å². The van der Waals surface area contributed by atoms with Crippen molar-refractivity contribution in [3.05, 3.63) is 84.2 Å². The minimum Gasteiger partial charge on any atom is -0.357 e. The second-order valence-corrected chi connectivity index (χ2v) is 7.72. The molecule has 32 heavy (non-hydrogen) atoms. The molecule has 0 saturated carbocycles. The minimum absolute atomic E-state index is 0.114. The molecule has 3 N–H and O–H groups in total. The molecule has 0 spiro atoms. The number of benzene rings is 2. The van der Waals surface area contributed by atoms with E-state index in [1.54, 1.807) is 23.1 Å². The highest BCUT2D eigenvalue weighted by atomic mass is 16.2. The number of hydrogen-bond donors (Lipinski definition) is 3. The van der Waals surface area contributed by atoms with Gasteiger partial charge < -0.3 is 16.0 Å². The fraction of sp³-hybridized carbons (Fsp3) is 0.320. The van der Waals surface area contributed by atoms with E-state index in [1.807, 2.05) is 30.3 Å². The molecular weight excluding hydrogens is 400 g/mol. The lowest BCUT2D eigenvalue weighted by Gasteiger charge is -2.18. The Balaban J connectivity index is 1.53. The fourth-order valence-corrected chi connectivity index (χ4v) is 3.31. The van der Waals surface area contributed by atoms with Crippen LogP contribution in [0.1, 0.15) is 31.4 Å². The van der Waals surface area contributed by atoms with Gasteiger partial charge in [0.2, 0.25) is 5.91 Å². The van der Waals surface area contributed by atoms with Gasteiger partial charge in [0, 0.05) is 30.7 Å². The van der Waals surface area contributed by atoms with Crippen molar-refractivity contribution in [2.45, 2.75) is 45.8 Å². The van der Waals surface area contributed by atoms with Gasteiger partial charge in [0.15, 0.2) is 5.96 Å². The van der Waals surface area contributed by atoms with Crippen LogP contribution >= 0.6 is 0 Å². The largest absolute Gasteiger partial charge is 0.357 e. The summed E-state index contributed by atoms with van der Waals surface area (Å²) >= 11 is 0. The molecule has 168 valence electrons. The number of carbonyl (C=O) groups is 1. The van der Waals surface area contributed by atoms with Gasteiger partial charge in [0.25, 0.3) is 0 Å². The number of guanidine groups is 1. The van der Waals surface area contributed by atoms with Crippen LogP contribution < -0.4 is 16.0 Å². The number of anilines is 1. The molecule has 7 heteroatoms. The topological polar surface area (TPSA) is 83.3 Å². The first-order valence-corrected chi connectivity index (χ1v) is 11.1.